The van der Waals surface area contributed by atoms with Crippen molar-refractivity contribution in [1.82, 2.24) is 5.32 Å². The average Bonchev–Trinajstić information content (AvgIpc) is 2.83. The number of rotatable bonds is 2. The number of nitrogens with zero attached hydrogens (tertiary/aromatic N) is 1. The van der Waals surface area contributed by atoms with Gasteiger partial charge in [0.2, 0.25) is 0 Å². The number of aryl methyl sites for hydroxylation is 6. The molecule has 3 rings (SSSR count). The molecule has 0 unspecified atom stereocenters. The molecule has 0 aromatic heterocycles. The van der Waals surface area contributed by atoms with Gasteiger partial charge in [-0.25, -0.2) is 4.99 Å². The molecular weight excluding hydrogens is 294 g/mol. The third kappa shape index (κ3) is 2.79. The first-order valence-electron chi connectivity index (χ1n) is 8.53. The van der Waals surface area contributed by atoms with Crippen LogP contribution in [0.5, 0.6) is 0 Å². The lowest BCUT2D eigenvalue weighted by Crippen LogP contribution is -2.31. The number of hydrogen-bond donors (Lipinski definition) is 2. The van der Waals surface area contributed by atoms with Gasteiger partial charge in [-0.2, -0.15) is 0 Å². The van der Waals surface area contributed by atoms with Crippen LogP contribution in [0.4, 0.5) is 0 Å². The third-order valence-corrected chi connectivity index (χ3v) is 5.15. The molecule has 0 spiro atoms. The van der Waals surface area contributed by atoms with Crippen molar-refractivity contribution < 1.29 is 0 Å². The normalized spacial score (nSPS) is 20.0. The van der Waals surface area contributed by atoms with E-state index in [0.717, 1.165) is 0 Å². The van der Waals surface area contributed by atoms with E-state index in [9.17, 15) is 0 Å². The smallest absolute Gasteiger partial charge is 0.189 e. The fraction of sp³-hybridized carbons (Fsp3) is 0.381. The molecule has 0 fully saturated rings. The summed E-state index contributed by atoms with van der Waals surface area (Å²) in [6.45, 7) is 13.0. The molecule has 0 saturated heterocycles. The lowest BCUT2D eigenvalue weighted by molar-refractivity contribution is 0.563. The molecule has 0 amide bonds. The van der Waals surface area contributed by atoms with E-state index in [2.05, 4.69) is 71.1 Å². The Morgan fingerprint density at radius 2 is 1.38 bits per heavy atom. The maximum atomic E-state index is 6.08. The third-order valence-electron chi connectivity index (χ3n) is 5.15. The van der Waals surface area contributed by atoms with E-state index in [0.29, 0.717) is 5.96 Å². The standard InChI is InChI=1S/C21H27N3/c1-11-7-15(5)18(16(6)8-11)20-19(23-21(22)24-20)17-10-13(3)12(2)9-14(17)4/h7-10,19-20H,1-6H3,(H3,22,23,24)/t19-,20-/m1/s1. The second-order valence-corrected chi connectivity index (χ2v) is 7.19. The molecule has 0 aliphatic carbocycles. The van der Waals surface area contributed by atoms with Gasteiger partial charge in [0, 0.05) is 0 Å². The fourth-order valence-electron chi connectivity index (χ4n) is 3.96. The second-order valence-electron chi connectivity index (χ2n) is 7.19. The Bertz CT molecular complexity index is 810. The van der Waals surface area contributed by atoms with Crippen molar-refractivity contribution >= 4 is 5.96 Å². The molecule has 0 radical (unpaired) electrons. The van der Waals surface area contributed by atoms with E-state index >= 15 is 0 Å². The minimum atomic E-state index is 0.0180. The van der Waals surface area contributed by atoms with E-state index in [1.807, 2.05) is 0 Å². The van der Waals surface area contributed by atoms with Crippen LogP contribution in [0.15, 0.2) is 29.3 Å². The van der Waals surface area contributed by atoms with Gasteiger partial charge in [0.15, 0.2) is 5.96 Å². The van der Waals surface area contributed by atoms with Crippen LogP contribution in [-0.4, -0.2) is 5.96 Å². The van der Waals surface area contributed by atoms with Gasteiger partial charge in [-0.05, 0) is 80.5 Å². The Labute approximate surface area is 145 Å². The summed E-state index contributed by atoms with van der Waals surface area (Å²) in [6, 6.07) is 9.10. The predicted octanol–water partition coefficient (Wildman–Crippen LogP) is 4.24. The molecule has 2 aromatic carbocycles. The predicted molar refractivity (Wildman–Crippen MR) is 102 cm³/mol. The summed E-state index contributed by atoms with van der Waals surface area (Å²) in [5, 5.41) is 3.41. The van der Waals surface area contributed by atoms with Crippen LogP contribution < -0.4 is 11.1 Å². The Balaban J connectivity index is 2.12. The van der Waals surface area contributed by atoms with Gasteiger partial charge < -0.3 is 11.1 Å². The van der Waals surface area contributed by atoms with Gasteiger partial charge in [-0.1, -0.05) is 29.8 Å². The summed E-state index contributed by atoms with van der Waals surface area (Å²) in [6.07, 6.45) is 0. The highest BCUT2D eigenvalue weighted by molar-refractivity contribution is 5.81. The van der Waals surface area contributed by atoms with E-state index in [1.165, 1.54) is 44.5 Å². The number of nitrogens with one attached hydrogen (secondary N) is 1. The maximum Gasteiger partial charge on any atom is 0.189 e. The van der Waals surface area contributed by atoms with Crippen LogP contribution in [-0.2, 0) is 0 Å². The van der Waals surface area contributed by atoms with E-state index in [-0.39, 0.29) is 12.1 Å². The molecular formula is C21H27N3. The van der Waals surface area contributed by atoms with E-state index in [1.54, 1.807) is 0 Å². The van der Waals surface area contributed by atoms with Crippen LogP contribution in [0.1, 0.15) is 56.6 Å². The molecule has 3 N–H and O–H groups in total. The van der Waals surface area contributed by atoms with Crippen molar-refractivity contribution in [3.63, 3.8) is 0 Å². The second kappa shape index (κ2) is 5.97. The van der Waals surface area contributed by atoms with Gasteiger partial charge in [-0.3, -0.25) is 0 Å². The molecule has 3 heteroatoms. The highest BCUT2D eigenvalue weighted by atomic mass is 15.2. The van der Waals surface area contributed by atoms with Gasteiger partial charge in [0.1, 0.15) is 6.04 Å². The van der Waals surface area contributed by atoms with Crippen molar-refractivity contribution in [2.24, 2.45) is 10.7 Å². The van der Waals surface area contributed by atoms with Crippen LogP contribution >= 0.6 is 0 Å². The summed E-state index contributed by atoms with van der Waals surface area (Å²) in [7, 11) is 0. The summed E-state index contributed by atoms with van der Waals surface area (Å²) in [4.78, 5) is 4.74. The van der Waals surface area contributed by atoms with Gasteiger partial charge in [0.05, 0.1) is 6.04 Å². The number of hydrogen-bond acceptors (Lipinski definition) is 3. The summed E-state index contributed by atoms with van der Waals surface area (Å²) in [5.41, 5.74) is 16.4. The van der Waals surface area contributed by atoms with Crippen LogP contribution in [0.2, 0.25) is 0 Å². The summed E-state index contributed by atoms with van der Waals surface area (Å²) >= 11 is 0. The van der Waals surface area contributed by atoms with Gasteiger partial charge in [-0.15, -0.1) is 0 Å². The lowest BCUT2D eigenvalue weighted by atomic mass is 9.86. The van der Waals surface area contributed by atoms with Gasteiger partial charge in [0.25, 0.3) is 0 Å². The summed E-state index contributed by atoms with van der Waals surface area (Å²) in [5.74, 6) is 0.530. The van der Waals surface area contributed by atoms with Crippen molar-refractivity contribution in [1.29, 1.82) is 0 Å². The van der Waals surface area contributed by atoms with Crippen LogP contribution in [0, 0.1) is 41.5 Å². The average molecular weight is 321 g/mol. The molecule has 1 heterocycles. The molecule has 0 bridgehead atoms. The minimum Gasteiger partial charge on any atom is -0.370 e. The molecule has 1 aliphatic heterocycles. The Morgan fingerprint density at radius 3 is 2.00 bits per heavy atom. The fourth-order valence-corrected chi connectivity index (χ4v) is 3.96. The largest absolute Gasteiger partial charge is 0.370 e. The first-order valence-corrected chi connectivity index (χ1v) is 8.53. The van der Waals surface area contributed by atoms with E-state index in [4.69, 9.17) is 10.7 Å². The van der Waals surface area contributed by atoms with Crippen molar-refractivity contribution in [3.05, 3.63) is 68.8 Å². The molecule has 2 atom stereocenters. The van der Waals surface area contributed by atoms with Crippen LogP contribution in [0.3, 0.4) is 0 Å². The number of aliphatic imine (C=N–C) groups is 1. The first-order chi connectivity index (χ1) is 11.3. The molecule has 2 aromatic rings. The minimum absolute atomic E-state index is 0.0180. The van der Waals surface area contributed by atoms with E-state index < -0.39 is 0 Å². The lowest BCUT2D eigenvalue weighted by Gasteiger charge is -2.25. The number of guanidine groups is 1. The number of nitrogens with two attached hydrogens (primary N) is 1. The van der Waals surface area contributed by atoms with Crippen molar-refractivity contribution in [3.8, 4) is 0 Å². The molecule has 3 nitrogen and oxygen atoms in total. The topological polar surface area (TPSA) is 50.4 Å². The highest BCUT2D eigenvalue weighted by Crippen LogP contribution is 2.40. The zero-order valence-corrected chi connectivity index (χ0v) is 15.5. The molecule has 1 aliphatic rings. The Kier molecular flexibility index (Phi) is 4.12. The molecule has 24 heavy (non-hydrogen) atoms. The van der Waals surface area contributed by atoms with Crippen molar-refractivity contribution in [2.75, 3.05) is 0 Å². The quantitative estimate of drug-likeness (QED) is 0.869. The van der Waals surface area contributed by atoms with Crippen LogP contribution in [0.25, 0.3) is 0 Å². The molecule has 126 valence electrons. The zero-order valence-electron chi connectivity index (χ0n) is 15.5. The van der Waals surface area contributed by atoms with Crippen molar-refractivity contribution in [2.45, 2.75) is 53.6 Å². The number of benzene rings is 2. The van der Waals surface area contributed by atoms with Gasteiger partial charge >= 0.3 is 0 Å². The summed E-state index contributed by atoms with van der Waals surface area (Å²) < 4.78 is 0. The Morgan fingerprint density at radius 1 is 0.792 bits per heavy atom. The first kappa shape index (κ1) is 16.6. The zero-order chi connectivity index (χ0) is 17.6. The Hall–Kier alpha value is -2.29. The monoisotopic (exact) mass is 321 g/mol. The highest BCUT2D eigenvalue weighted by Gasteiger charge is 2.33. The maximum absolute atomic E-state index is 6.08. The molecule has 0 saturated carbocycles. The SMILES string of the molecule is Cc1cc(C)c([C@H]2NC(N)=N[C@@H]2c2cc(C)c(C)cc2C)c(C)c1.